The summed E-state index contributed by atoms with van der Waals surface area (Å²) in [6, 6.07) is 0.666. The fourth-order valence-electron chi connectivity index (χ4n) is 2.71. The molecule has 3 heteroatoms. The molecule has 0 aromatic carbocycles. The molecule has 1 aromatic heterocycles. The Bertz CT molecular complexity index is 344. The molecule has 96 valence electrons. The second-order valence-corrected chi connectivity index (χ2v) is 5.97. The van der Waals surface area contributed by atoms with Crippen LogP contribution in [0.3, 0.4) is 0 Å². The van der Waals surface area contributed by atoms with Crippen molar-refractivity contribution in [3.05, 3.63) is 18.2 Å². The fourth-order valence-corrected chi connectivity index (χ4v) is 2.71. The van der Waals surface area contributed by atoms with Gasteiger partial charge in [0.25, 0.3) is 0 Å². The first-order valence-electron chi connectivity index (χ1n) is 6.84. The van der Waals surface area contributed by atoms with Crippen LogP contribution in [0.2, 0.25) is 0 Å². The Kier molecular flexibility index (Phi) is 3.87. The second-order valence-electron chi connectivity index (χ2n) is 5.97. The third kappa shape index (κ3) is 3.09. The molecule has 2 rings (SSSR count). The lowest BCUT2D eigenvalue weighted by Gasteiger charge is -2.35. The maximum absolute atomic E-state index is 4.31. The minimum Gasteiger partial charge on any atom is -0.330 e. The Labute approximate surface area is 105 Å². The summed E-state index contributed by atoms with van der Waals surface area (Å²) in [5, 5.41) is 3.39. The molecule has 0 saturated heterocycles. The first-order chi connectivity index (χ1) is 8.12. The highest BCUT2D eigenvalue weighted by atomic mass is 15.1. The molecule has 3 nitrogen and oxygen atoms in total. The standard InChI is InChI=1S/C14H25N3/c1-4-15-9-13-10-16-11-17(13)12-5-7-14(2,3)8-6-12/h10-12,15H,4-9H2,1-3H3. The summed E-state index contributed by atoms with van der Waals surface area (Å²) in [6.07, 6.45) is 9.26. The Morgan fingerprint density at radius 1 is 1.41 bits per heavy atom. The molecule has 0 bridgehead atoms. The SMILES string of the molecule is CCNCc1cncn1C1CCC(C)(C)CC1. The predicted octanol–water partition coefficient (Wildman–Crippen LogP) is 3.13. The van der Waals surface area contributed by atoms with E-state index in [9.17, 15) is 0 Å². The van der Waals surface area contributed by atoms with Crippen molar-refractivity contribution in [2.45, 2.75) is 59.0 Å². The zero-order chi connectivity index (χ0) is 12.3. The van der Waals surface area contributed by atoms with E-state index >= 15 is 0 Å². The van der Waals surface area contributed by atoms with Crippen LogP contribution in [0.4, 0.5) is 0 Å². The maximum atomic E-state index is 4.31. The van der Waals surface area contributed by atoms with Crippen LogP contribution >= 0.6 is 0 Å². The molecule has 0 spiro atoms. The minimum atomic E-state index is 0.541. The van der Waals surface area contributed by atoms with Gasteiger partial charge in [-0.3, -0.25) is 0 Å². The van der Waals surface area contributed by atoms with Crippen molar-refractivity contribution in [3.8, 4) is 0 Å². The predicted molar refractivity (Wildman–Crippen MR) is 70.9 cm³/mol. The van der Waals surface area contributed by atoms with E-state index in [1.807, 2.05) is 12.5 Å². The molecule has 1 saturated carbocycles. The van der Waals surface area contributed by atoms with Gasteiger partial charge in [-0.05, 0) is 37.6 Å². The Hall–Kier alpha value is -0.830. The number of nitrogens with one attached hydrogen (secondary N) is 1. The maximum Gasteiger partial charge on any atom is 0.0951 e. The van der Waals surface area contributed by atoms with Crippen molar-refractivity contribution in [2.24, 2.45) is 5.41 Å². The highest BCUT2D eigenvalue weighted by Crippen LogP contribution is 2.40. The van der Waals surface area contributed by atoms with E-state index in [-0.39, 0.29) is 0 Å². The zero-order valence-corrected chi connectivity index (χ0v) is 11.4. The fraction of sp³-hybridized carbons (Fsp3) is 0.786. The van der Waals surface area contributed by atoms with Crippen molar-refractivity contribution in [2.75, 3.05) is 6.54 Å². The molecular weight excluding hydrogens is 210 g/mol. The number of rotatable bonds is 4. The highest BCUT2D eigenvalue weighted by Gasteiger charge is 2.28. The van der Waals surface area contributed by atoms with E-state index in [1.54, 1.807) is 0 Å². The van der Waals surface area contributed by atoms with Crippen LogP contribution in [-0.2, 0) is 6.54 Å². The van der Waals surface area contributed by atoms with Gasteiger partial charge < -0.3 is 9.88 Å². The van der Waals surface area contributed by atoms with Gasteiger partial charge in [-0.2, -0.15) is 0 Å². The van der Waals surface area contributed by atoms with E-state index < -0.39 is 0 Å². The van der Waals surface area contributed by atoms with Crippen LogP contribution in [-0.4, -0.2) is 16.1 Å². The van der Waals surface area contributed by atoms with Gasteiger partial charge in [-0.15, -0.1) is 0 Å². The third-order valence-corrected chi connectivity index (χ3v) is 4.00. The normalized spacial score (nSPS) is 20.6. The van der Waals surface area contributed by atoms with Crippen molar-refractivity contribution in [1.82, 2.24) is 14.9 Å². The van der Waals surface area contributed by atoms with Gasteiger partial charge in [0, 0.05) is 18.8 Å². The largest absolute Gasteiger partial charge is 0.330 e. The molecule has 0 atom stereocenters. The summed E-state index contributed by atoms with van der Waals surface area (Å²) in [6.45, 7) is 8.87. The molecule has 17 heavy (non-hydrogen) atoms. The van der Waals surface area contributed by atoms with Crippen molar-refractivity contribution < 1.29 is 0 Å². The minimum absolute atomic E-state index is 0.541. The van der Waals surface area contributed by atoms with Crippen molar-refractivity contribution in [1.29, 1.82) is 0 Å². The van der Waals surface area contributed by atoms with Crippen LogP contribution in [0, 0.1) is 5.41 Å². The number of nitrogens with zero attached hydrogens (tertiary/aromatic N) is 2. The van der Waals surface area contributed by atoms with Gasteiger partial charge in [0.15, 0.2) is 0 Å². The van der Waals surface area contributed by atoms with Gasteiger partial charge in [0.1, 0.15) is 0 Å². The van der Waals surface area contributed by atoms with Gasteiger partial charge in [0.2, 0.25) is 0 Å². The van der Waals surface area contributed by atoms with Gasteiger partial charge in [-0.25, -0.2) is 4.98 Å². The third-order valence-electron chi connectivity index (χ3n) is 4.00. The number of imidazole rings is 1. The van der Waals surface area contributed by atoms with Crippen LogP contribution in [0.1, 0.15) is 58.2 Å². The lowest BCUT2D eigenvalue weighted by molar-refractivity contribution is 0.191. The topological polar surface area (TPSA) is 29.9 Å². The van der Waals surface area contributed by atoms with Crippen LogP contribution in [0.25, 0.3) is 0 Å². The monoisotopic (exact) mass is 235 g/mol. The van der Waals surface area contributed by atoms with Crippen LogP contribution < -0.4 is 5.32 Å². The summed E-state index contributed by atoms with van der Waals surface area (Å²) in [5.41, 5.74) is 1.87. The average molecular weight is 235 g/mol. The molecule has 0 amide bonds. The molecule has 0 aliphatic heterocycles. The second kappa shape index (κ2) is 5.21. The molecule has 0 radical (unpaired) electrons. The Morgan fingerprint density at radius 2 is 2.12 bits per heavy atom. The van der Waals surface area contributed by atoms with Gasteiger partial charge in [0.05, 0.1) is 12.0 Å². The first-order valence-corrected chi connectivity index (χ1v) is 6.84. The zero-order valence-electron chi connectivity index (χ0n) is 11.4. The molecule has 0 unspecified atom stereocenters. The van der Waals surface area contributed by atoms with E-state index in [2.05, 4.69) is 35.6 Å². The molecule has 1 heterocycles. The summed E-state index contributed by atoms with van der Waals surface area (Å²) in [7, 11) is 0. The van der Waals surface area contributed by atoms with Crippen LogP contribution in [0.15, 0.2) is 12.5 Å². The number of hydrogen-bond donors (Lipinski definition) is 1. The van der Waals surface area contributed by atoms with E-state index in [0.717, 1.165) is 13.1 Å². The lowest BCUT2D eigenvalue weighted by Crippen LogP contribution is -2.25. The van der Waals surface area contributed by atoms with Crippen molar-refractivity contribution in [3.63, 3.8) is 0 Å². The summed E-state index contributed by atoms with van der Waals surface area (Å²) >= 11 is 0. The molecule has 1 aliphatic carbocycles. The average Bonchev–Trinajstić information content (AvgIpc) is 2.74. The van der Waals surface area contributed by atoms with E-state index in [0.29, 0.717) is 11.5 Å². The lowest BCUT2D eigenvalue weighted by atomic mass is 9.75. The first kappa shape index (κ1) is 12.6. The summed E-state index contributed by atoms with van der Waals surface area (Å²) in [5.74, 6) is 0. The summed E-state index contributed by atoms with van der Waals surface area (Å²) in [4.78, 5) is 4.31. The van der Waals surface area contributed by atoms with E-state index in [4.69, 9.17) is 0 Å². The summed E-state index contributed by atoms with van der Waals surface area (Å²) < 4.78 is 2.39. The van der Waals surface area contributed by atoms with E-state index in [1.165, 1.54) is 31.4 Å². The molecule has 1 aliphatic rings. The number of aromatic nitrogens is 2. The highest BCUT2D eigenvalue weighted by molar-refractivity contribution is 5.01. The Morgan fingerprint density at radius 3 is 2.76 bits per heavy atom. The molecule has 1 aromatic rings. The van der Waals surface area contributed by atoms with Gasteiger partial charge >= 0.3 is 0 Å². The van der Waals surface area contributed by atoms with Crippen LogP contribution in [0.5, 0.6) is 0 Å². The molecular formula is C14H25N3. The smallest absolute Gasteiger partial charge is 0.0951 e. The van der Waals surface area contributed by atoms with Gasteiger partial charge in [-0.1, -0.05) is 20.8 Å². The van der Waals surface area contributed by atoms with Crippen molar-refractivity contribution >= 4 is 0 Å². The molecule has 1 fully saturated rings. The molecule has 1 N–H and O–H groups in total. The Balaban J connectivity index is 2.00. The number of hydrogen-bond acceptors (Lipinski definition) is 2. The quantitative estimate of drug-likeness (QED) is 0.869.